The molecule has 1 N–H and O–H groups in total. The Morgan fingerprint density at radius 2 is 1.25 bits per heavy atom. The third-order valence-electron chi connectivity index (χ3n) is 1.82. The zero-order valence-corrected chi connectivity index (χ0v) is 9.37. The lowest BCUT2D eigenvalue weighted by Crippen LogP contribution is -1.72. The molecule has 96 valence electrons. The summed E-state index contributed by atoms with van der Waals surface area (Å²) in [5, 5.41) is 8.48. The van der Waals surface area contributed by atoms with Crippen LogP contribution < -0.4 is 0 Å². The van der Waals surface area contributed by atoms with Crippen LogP contribution in [0.25, 0.3) is 0 Å². The topological polar surface area (TPSA) is 20.2 Å². The first-order valence-corrected chi connectivity index (χ1v) is 5.31. The normalized spacial score (nSPS) is 9.94. The summed E-state index contributed by atoms with van der Waals surface area (Å²) >= 11 is 0. The molecule has 1 nitrogen and oxygen atoms in total. The van der Waals surface area contributed by atoms with Crippen molar-refractivity contribution in [2.75, 3.05) is 6.61 Å². The number of unbranched alkanes of at least 4 members (excludes halogenated alkanes) is 2. The van der Waals surface area contributed by atoms with Gasteiger partial charge in [-0.05, 0) is 39.5 Å². The minimum absolute atomic E-state index is 0. The highest BCUT2D eigenvalue weighted by Crippen LogP contribution is 2.00. The maximum absolute atomic E-state index is 8.48. The van der Waals surface area contributed by atoms with Crippen molar-refractivity contribution in [3.05, 3.63) is 36.0 Å². The molecule has 0 saturated carbocycles. The Morgan fingerprint density at radius 3 is 1.69 bits per heavy atom. The van der Waals surface area contributed by atoms with Crippen LogP contribution in [-0.4, -0.2) is 11.7 Å². The van der Waals surface area contributed by atoms with Crippen molar-refractivity contribution >= 4 is 0 Å². The lowest BCUT2D eigenvalue weighted by molar-refractivity contribution is 0.342. The van der Waals surface area contributed by atoms with Crippen molar-refractivity contribution in [2.24, 2.45) is 0 Å². The molecule has 0 radical (unpaired) electrons. The van der Waals surface area contributed by atoms with Crippen molar-refractivity contribution < 1.29 is 5.11 Å². The molecule has 1 heteroatoms. The second-order valence-corrected chi connectivity index (χ2v) is 3.56. The molecule has 0 fully saturated rings. The summed E-state index contributed by atoms with van der Waals surface area (Å²) in [6, 6.07) is 0. The number of aliphatic hydroxyl groups excluding tert-OH is 1. The molecule has 0 saturated heterocycles. The van der Waals surface area contributed by atoms with Crippen LogP contribution in [0.3, 0.4) is 0 Å². The molecule has 0 aliphatic rings. The number of allylic oxidation sites excluding steroid dienone is 5. The van der Waals surface area contributed by atoms with Crippen LogP contribution in [-0.2, 0) is 0 Å². The van der Waals surface area contributed by atoms with E-state index in [0.29, 0.717) is 0 Å². The molecule has 0 heterocycles. The molecule has 0 aromatic carbocycles. The van der Waals surface area contributed by atoms with Gasteiger partial charge in [0.05, 0.1) is 6.61 Å². The van der Waals surface area contributed by atoms with Gasteiger partial charge in [-0.1, -0.05) is 50.8 Å². The average molecular weight is 226 g/mol. The maximum atomic E-state index is 8.48. The molecule has 0 bridgehead atoms. The van der Waals surface area contributed by atoms with Crippen LogP contribution in [0, 0.1) is 0 Å². The fraction of sp³-hybridized carbons (Fsp3) is 0.600. The summed E-state index contributed by atoms with van der Waals surface area (Å²) in [6.07, 6.45) is 14.9. The minimum Gasteiger partial charge on any atom is -0.392 e. The van der Waals surface area contributed by atoms with Crippen LogP contribution in [0.2, 0.25) is 0 Å². The highest BCUT2D eigenvalue weighted by Gasteiger charge is 1.79. The van der Waals surface area contributed by atoms with Gasteiger partial charge in [-0.3, -0.25) is 0 Å². The maximum Gasteiger partial charge on any atom is 0.0612 e. The molecular formula is C15H30O. The van der Waals surface area contributed by atoms with Crippen LogP contribution in [0.15, 0.2) is 36.0 Å². The Hall–Kier alpha value is -0.820. The van der Waals surface area contributed by atoms with Crippen molar-refractivity contribution in [2.45, 2.75) is 54.4 Å². The summed E-state index contributed by atoms with van der Waals surface area (Å²) in [7, 11) is 0. The molecule has 0 aliphatic carbocycles. The zero-order valence-electron chi connectivity index (χ0n) is 9.37. The van der Waals surface area contributed by atoms with Crippen LogP contribution in [0.4, 0.5) is 0 Å². The van der Waals surface area contributed by atoms with Gasteiger partial charge in [-0.25, -0.2) is 0 Å². The van der Waals surface area contributed by atoms with Gasteiger partial charge in [0.15, 0.2) is 0 Å². The highest BCUT2D eigenvalue weighted by atomic mass is 16.2. The first-order valence-electron chi connectivity index (χ1n) is 5.31. The van der Waals surface area contributed by atoms with Gasteiger partial charge in [0.25, 0.3) is 0 Å². The van der Waals surface area contributed by atoms with E-state index in [9.17, 15) is 0 Å². The van der Waals surface area contributed by atoms with E-state index in [1.165, 1.54) is 5.57 Å². The number of rotatable bonds is 7. The standard InChI is InChI=1S/C13H22O.2CH4/c1-13(2)11-9-7-5-3-4-6-8-10-12-14;;/h3,5,8,10-11,14H,4,6-7,9,12H2,1-2H3;2*1H4/b5-3+,10-8+;;. The molecule has 0 aliphatic heterocycles. The van der Waals surface area contributed by atoms with E-state index in [2.05, 4.69) is 32.1 Å². The molecule has 0 amide bonds. The Bertz CT molecular complexity index is 195. The second-order valence-electron chi connectivity index (χ2n) is 3.56. The van der Waals surface area contributed by atoms with Gasteiger partial charge < -0.3 is 5.11 Å². The zero-order chi connectivity index (χ0) is 10.6. The number of hydrogen-bond acceptors (Lipinski definition) is 1. The molecule has 0 unspecified atom stereocenters. The van der Waals surface area contributed by atoms with Crippen molar-refractivity contribution in [1.29, 1.82) is 0 Å². The Labute approximate surface area is 103 Å². The van der Waals surface area contributed by atoms with Crippen molar-refractivity contribution in [3.8, 4) is 0 Å². The summed E-state index contributed by atoms with van der Waals surface area (Å²) < 4.78 is 0. The lowest BCUT2D eigenvalue weighted by atomic mass is 10.2. The van der Waals surface area contributed by atoms with E-state index in [4.69, 9.17) is 5.11 Å². The van der Waals surface area contributed by atoms with E-state index in [1.807, 2.05) is 6.08 Å². The van der Waals surface area contributed by atoms with Gasteiger partial charge >= 0.3 is 0 Å². The molecule has 16 heavy (non-hydrogen) atoms. The van der Waals surface area contributed by atoms with Gasteiger partial charge in [-0.15, -0.1) is 0 Å². The summed E-state index contributed by atoms with van der Waals surface area (Å²) in [6.45, 7) is 4.41. The quantitative estimate of drug-likeness (QED) is 0.484. The van der Waals surface area contributed by atoms with Gasteiger partial charge in [-0.2, -0.15) is 0 Å². The van der Waals surface area contributed by atoms with Gasteiger partial charge in [0, 0.05) is 0 Å². The van der Waals surface area contributed by atoms with E-state index in [1.54, 1.807) is 6.08 Å². The smallest absolute Gasteiger partial charge is 0.0612 e. The van der Waals surface area contributed by atoms with Crippen LogP contribution in [0.5, 0.6) is 0 Å². The lowest BCUT2D eigenvalue weighted by Gasteiger charge is -1.90. The predicted octanol–water partition coefficient (Wildman–Crippen LogP) is 4.89. The highest BCUT2D eigenvalue weighted by molar-refractivity contribution is 4.95. The van der Waals surface area contributed by atoms with Crippen molar-refractivity contribution in [1.82, 2.24) is 0 Å². The van der Waals surface area contributed by atoms with E-state index < -0.39 is 0 Å². The van der Waals surface area contributed by atoms with E-state index in [0.717, 1.165) is 25.7 Å². The Balaban J connectivity index is -0.000000845. The molecule has 0 atom stereocenters. The molecular weight excluding hydrogens is 196 g/mol. The third-order valence-corrected chi connectivity index (χ3v) is 1.82. The molecule has 0 aromatic rings. The molecule has 0 rings (SSSR count). The number of aliphatic hydroxyl groups is 1. The van der Waals surface area contributed by atoms with E-state index >= 15 is 0 Å². The first kappa shape index (κ1) is 20.6. The van der Waals surface area contributed by atoms with Crippen LogP contribution in [0.1, 0.15) is 54.4 Å². The van der Waals surface area contributed by atoms with Gasteiger partial charge in [0.2, 0.25) is 0 Å². The first-order chi connectivity index (χ1) is 6.77. The van der Waals surface area contributed by atoms with Crippen LogP contribution >= 0.6 is 0 Å². The Kier molecular flexibility index (Phi) is 21.4. The predicted molar refractivity (Wildman–Crippen MR) is 76.7 cm³/mol. The third kappa shape index (κ3) is 18.9. The van der Waals surface area contributed by atoms with Gasteiger partial charge in [0.1, 0.15) is 0 Å². The largest absolute Gasteiger partial charge is 0.392 e. The second kappa shape index (κ2) is 16.6. The summed E-state index contributed by atoms with van der Waals surface area (Å²) in [5.74, 6) is 0. The van der Waals surface area contributed by atoms with Crippen molar-refractivity contribution in [3.63, 3.8) is 0 Å². The SMILES string of the molecule is C.C.CC(C)=CCC/C=C/CC/C=C/CO. The fourth-order valence-electron chi connectivity index (χ4n) is 1.09. The summed E-state index contributed by atoms with van der Waals surface area (Å²) in [5.41, 5.74) is 1.39. The summed E-state index contributed by atoms with van der Waals surface area (Å²) in [4.78, 5) is 0. The Morgan fingerprint density at radius 1 is 0.812 bits per heavy atom. The average Bonchev–Trinajstić information content (AvgIpc) is 2.15. The monoisotopic (exact) mass is 226 g/mol. The van der Waals surface area contributed by atoms with E-state index in [-0.39, 0.29) is 21.5 Å². The minimum atomic E-state index is 0. The molecule has 0 aromatic heterocycles. The molecule has 0 spiro atoms. The number of hydrogen-bond donors (Lipinski definition) is 1. The fourth-order valence-corrected chi connectivity index (χ4v) is 1.09.